The van der Waals surface area contributed by atoms with E-state index < -0.39 is 0 Å². The summed E-state index contributed by atoms with van der Waals surface area (Å²) in [6, 6.07) is 0. The van der Waals surface area contributed by atoms with Crippen molar-refractivity contribution in [1.29, 1.82) is 0 Å². The van der Waals surface area contributed by atoms with Crippen LogP contribution in [0.4, 0.5) is 0 Å². The first-order valence-electron chi connectivity index (χ1n) is 4.29. The van der Waals surface area contributed by atoms with Gasteiger partial charge in [-0.2, -0.15) is 0 Å². The largest absolute Gasteiger partial charge is 0.359 e. The third-order valence-electron chi connectivity index (χ3n) is 1.87. The Morgan fingerprint density at radius 2 is 1.82 bits per heavy atom. The first-order valence-corrected chi connectivity index (χ1v) is 4.29. The fourth-order valence-electron chi connectivity index (χ4n) is 0.961. The molecule has 2 nitrogen and oxygen atoms in total. The van der Waals surface area contributed by atoms with Crippen LogP contribution in [0.5, 0.6) is 0 Å². The van der Waals surface area contributed by atoms with Gasteiger partial charge in [-0.1, -0.05) is 27.2 Å². The Bertz CT molecular complexity index is 121. The van der Waals surface area contributed by atoms with Gasteiger partial charge in [-0.25, -0.2) is 0 Å². The van der Waals surface area contributed by atoms with Gasteiger partial charge in [0.05, 0.1) is 0 Å². The average molecular weight is 157 g/mol. The van der Waals surface area contributed by atoms with Gasteiger partial charge >= 0.3 is 0 Å². The molecule has 0 aliphatic carbocycles. The molecule has 0 unspecified atom stereocenters. The second kappa shape index (κ2) is 5.16. The highest BCUT2D eigenvalue weighted by molar-refractivity contribution is 5.77. The molecule has 1 atom stereocenters. The van der Waals surface area contributed by atoms with Crippen LogP contribution in [0.1, 0.15) is 33.6 Å². The van der Waals surface area contributed by atoms with E-state index in [-0.39, 0.29) is 11.8 Å². The van der Waals surface area contributed by atoms with Crippen LogP contribution in [0, 0.1) is 11.8 Å². The van der Waals surface area contributed by atoms with E-state index in [9.17, 15) is 4.79 Å². The normalized spacial score (nSPS) is 13.2. The maximum atomic E-state index is 11.0. The molecule has 0 heterocycles. The summed E-state index contributed by atoms with van der Waals surface area (Å²) < 4.78 is 0. The smallest absolute Gasteiger partial charge is 0.222 e. The maximum absolute atomic E-state index is 11.0. The predicted molar refractivity (Wildman–Crippen MR) is 47.3 cm³/mol. The summed E-state index contributed by atoms with van der Waals surface area (Å²) in [7, 11) is 1.69. The molecule has 0 aliphatic heterocycles. The zero-order chi connectivity index (χ0) is 8.85. The molecule has 0 aromatic carbocycles. The molecule has 0 aliphatic rings. The Kier molecular flexibility index (Phi) is 4.92. The number of carbonyl (C=O) groups is 1. The van der Waals surface area contributed by atoms with Crippen molar-refractivity contribution < 1.29 is 4.79 Å². The van der Waals surface area contributed by atoms with Gasteiger partial charge in [-0.15, -0.1) is 0 Å². The number of nitrogens with one attached hydrogen (secondary N) is 1. The summed E-state index contributed by atoms with van der Waals surface area (Å²) in [5.41, 5.74) is 0. The van der Waals surface area contributed by atoms with Crippen LogP contribution < -0.4 is 5.32 Å². The average Bonchev–Trinajstić information content (AvgIpc) is 1.98. The molecule has 0 aromatic rings. The summed E-state index contributed by atoms with van der Waals surface area (Å²) in [5.74, 6) is 1.02. The van der Waals surface area contributed by atoms with Crippen LogP contribution in [-0.2, 0) is 4.79 Å². The number of rotatable bonds is 4. The molecular weight excluding hydrogens is 138 g/mol. The lowest BCUT2D eigenvalue weighted by Crippen LogP contribution is -2.25. The van der Waals surface area contributed by atoms with Gasteiger partial charge < -0.3 is 5.32 Å². The Morgan fingerprint density at radius 1 is 1.27 bits per heavy atom. The van der Waals surface area contributed by atoms with Crippen molar-refractivity contribution in [2.24, 2.45) is 11.8 Å². The highest BCUT2D eigenvalue weighted by atomic mass is 16.1. The molecule has 0 fully saturated rings. The second-order valence-corrected chi connectivity index (χ2v) is 3.49. The molecule has 0 bridgehead atoms. The summed E-state index contributed by atoms with van der Waals surface area (Å²) in [5, 5.41) is 2.65. The molecule has 0 spiro atoms. The van der Waals surface area contributed by atoms with E-state index in [0.717, 1.165) is 12.8 Å². The summed E-state index contributed by atoms with van der Waals surface area (Å²) in [6.45, 7) is 6.33. The van der Waals surface area contributed by atoms with E-state index in [2.05, 4.69) is 19.2 Å². The number of hydrogen-bond donors (Lipinski definition) is 1. The molecule has 66 valence electrons. The number of carbonyl (C=O) groups excluding carboxylic acids is 1. The van der Waals surface area contributed by atoms with Crippen LogP contribution in [0.25, 0.3) is 0 Å². The monoisotopic (exact) mass is 157 g/mol. The van der Waals surface area contributed by atoms with Crippen molar-refractivity contribution in [3.63, 3.8) is 0 Å². The summed E-state index contributed by atoms with van der Waals surface area (Å²) in [4.78, 5) is 11.0. The Balaban J connectivity index is 3.52. The van der Waals surface area contributed by atoms with Gasteiger partial charge in [0, 0.05) is 13.0 Å². The maximum Gasteiger partial charge on any atom is 0.222 e. The number of amides is 1. The standard InChI is InChI=1S/C9H19NO/c1-7(2)5-6-8(3)9(11)10-4/h7-8H,5-6H2,1-4H3,(H,10,11)/t8-/m1/s1. The molecule has 1 N–H and O–H groups in total. The molecule has 0 aromatic heterocycles. The first kappa shape index (κ1) is 10.5. The lowest BCUT2D eigenvalue weighted by Gasteiger charge is -2.10. The minimum absolute atomic E-state index is 0.158. The van der Waals surface area contributed by atoms with Crippen molar-refractivity contribution >= 4 is 5.91 Å². The van der Waals surface area contributed by atoms with Gasteiger partial charge in [-0.05, 0) is 12.3 Å². The molecule has 0 rings (SSSR count). The third kappa shape index (κ3) is 4.82. The second-order valence-electron chi connectivity index (χ2n) is 3.49. The minimum Gasteiger partial charge on any atom is -0.359 e. The van der Waals surface area contributed by atoms with Gasteiger partial charge in [0.2, 0.25) is 5.91 Å². The van der Waals surface area contributed by atoms with Crippen LogP contribution in [-0.4, -0.2) is 13.0 Å². The summed E-state index contributed by atoms with van der Waals surface area (Å²) in [6.07, 6.45) is 2.13. The zero-order valence-corrected chi connectivity index (χ0v) is 7.98. The fraction of sp³-hybridized carbons (Fsp3) is 0.889. The van der Waals surface area contributed by atoms with Gasteiger partial charge in [-0.3, -0.25) is 4.79 Å². The van der Waals surface area contributed by atoms with Gasteiger partial charge in [0.25, 0.3) is 0 Å². The van der Waals surface area contributed by atoms with Crippen LogP contribution in [0.3, 0.4) is 0 Å². The lowest BCUT2D eigenvalue weighted by atomic mass is 9.99. The molecule has 1 amide bonds. The first-order chi connectivity index (χ1) is 5.07. The van der Waals surface area contributed by atoms with Crippen LogP contribution >= 0.6 is 0 Å². The minimum atomic E-state index is 0.158. The summed E-state index contributed by atoms with van der Waals surface area (Å²) >= 11 is 0. The Labute approximate surface area is 69.4 Å². The molecule has 11 heavy (non-hydrogen) atoms. The zero-order valence-electron chi connectivity index (χ0n) is 7.98. The number of hydrogen-bond acceptors (Lipinski definition) is 1. The van der Waals surface area contributed by atoms with Crippen molar-refractivity contribution in [1.82, 2.24) is 5.32 Å². The van der Waals surface area contributed by atoms with E-state index in [0.29, 0.717) is 5.92 Å². The lowest BCUT2D eigenvalue weighted by molar-refractivity contribution is -0.124. The van der Waals surface area contributed by atoms with Crippen LogP contribution in [0.15, 0.2) is 0 Å². The Morgan fingerprint density at radius 3 is 2.18 bits per heavy atom. The molecule has 0 radical (unpaired) electrons. The molecular formula is C9H19NO. The molecule has 0 saturated carbocycles. The highest BCUT2D eigenvalue weighted by Crippen LogP contribution is 2.11. The van der Waals surface area contributed by atoms with Gasteiger partial charge in [0.1, 0.15) is 0 Å². The van der Waals surface area contributed by atoms with Crippen molar-refractivity contribution in [2.45, 2.75) is 33.6 Å². The Hall–Kier alpha value is -0.530. The topological polar surface area (TPSA) is 29.1 Å². The van der Waals surface area contributed by atoms with Crippen LogP contribution in [0.2, 0.25) is 0 Å². The molecule has 2 heteroatoms. The van der Waals surface area contributed by atoms with E-state index in [1.54, 1.807) is 7.05 Å². The van der Waals surface area contributed by atoms with Gasteiger partial charge in [0.15, 0.2) is 0 Å². The van der Waals surface area contributed by atoms with E-state index in [1.807, 2.05) is 6.92 Å². The predicted octanol–water partition coefficient (Wildman–Crippen LogP) is 1.80. The molecule has 0 saturated heterocycles. The fourth-order valence-corrected chi connectivity index (χ4v) is 0.961. The highest BCUT2D eigenvalue weighted by Gasteiger charge is 2.10. The van der Waals surface area contributed by atoms with E-state index in [1.165, 1.54) is 0 Å². The van der Waals surface area contributed by atoms with Crippen molar-refractivity contribution in [3.8, 4) is 0 Å². The SMILES string of the molecule is CNC(=O)[C@H](C)CCC(C)C. The van der Waals surface area contributed by atoms with E-state index in [4.69, 9.17) is 0 Å². The third-order valence-corrected chi connectivity index (χ3v) is 1.87. The quantitative estimate of drug-likeness (QED) is 0.662. The van der Waals surface area contributed by atoms with E-state index >= 15 is 0 Å². The van der Waals surface area contributed by atoms with Crippen molar-refractivity contribution in [3.05, 3.63) is 0 Å². The van der Waals surface area contributed by atoms with Crippen molar-refractivity contribution in [2.75, 3.05) is 7.05 Å².